The number of hydrogen-bond acceptors (Lipinski definition) is 4. The predicted molar refractivity (Wildman–Crippen MR) is 75.0 cm³/mol. The third-order valence-electron chi connectivity index (χ3n) is 2.51. The molecule has 0 heterocycles. The number of carbonyl (C=O) groups is 2. The van der Waals surface area contributed by atoms with E-state index in [0.717, 1.165) is 0 Å². The molecule has 1 rings (SSSR count). The van der Waals surface area contributed by atoms with Crippen LogP contribution in [0.1, 0.15) is 12.0 Å². The van der Waals surface area contributed by atoms with Crippen molar-refractivity contribution in [3.63, 3.8) is 0 Å². The van der Waals surface area contributed by atoms with Crippen molar-refractivity contribution in [1.82, 2.24) is 0 Å². The normalized spacial score (nSPS) is 11.9. The molecule has 0 amide bonds. The van der Waals surface area contributed by atoms with Crippen LogP contribution in [-0.2, 0) is 20.7 Å². The quantitative estimate of drug-likeness (QED) is 0.749. The first-order chi connectivity index (χ1) is 8.85. The van der Waals surface area contributed by atoms with Crippen molar-refractivity contribution in [2.45, 2.75) is 12.8 Å². The Morgan fingerprint density at radius 3 is 2.26 bits per heavy atom. The summed E-state index contributed by atoms with van der Waals surface area (Å²) in [5.74, 6) is -2.34. The highest BCUT2D eigenvalue weighted by molar-refractivity contribution is 9.11. The maximum absolute atomic E-state index is 11.5. The molecule has 1 unspecified atom stereocenters. The van der Waals surface area contributed by atoms with Gasteiger partial charge in [0, 0.05) is 0 Å². The smallest absolute Gasteiger partial charge is 0.309 e. The van der Waals surface area contributed by atoms with Gasteiger partial charge in [-0.2, -0.15) is 0 Å². The monoisotopic (exact) mass is 394 g/mol. The predicted octanol–water partition coefficient (Wildman–Crippen LogP) is 2.72. The molecule has 0 aliphatic carbocycles. The van der Waals surface area contributed by atoms with E-state index in [2.05, 4.69) is 36.6 Å². The van der Waals surface area contributed by atoms with Crippen molar-refractivity contribution in [3.05, 3.63) is 26.6 Å². The zero-order chi connectivity index (χ0) is 14.6. The summed E-state index contributed by atoms with van der Waals surface area (Å²) in [7, 11) is 1.22. The number of halogens is 2. The highest BCUT2D eigenvalue weighted by atomic mass is 79.9. The summed E-state index contributed by atoms with van der Waals surface area (Å²) in [4.78, 5) is 22.3. The molecule has 0 aliphatic rings. The minimum absolute atomic E-state index is 0.0524. The zero-order valence-electron chi connectivity index (χ0n) is 10.0. The van der Waals surface area contributed by atoms with Crippen molar-refractivity contribution in [1.29, 1.82) is 0 Å². The molecule has 0 saturated heterocycles. The minimum atomic E-state index is -1.06. The largest absolute Gasteiger partial charge is 0.506 e. The zero-order valence-corrected chi connectivity index (χ0v) is 13.2. The number of rotatable bonds is 5. The first kappa shape index (κ1) is 16.0. The molecule has 7 heteroatoms. The number of aromatic hydroxyl groups is 1. The van der Waals surface area contributed by atoms with Crippen molar-refractivity contribution < 1.29 is 24.5 Å². The molecule has 0 spiro atoms. The fraction of sp³-hybridized carbons (Fsp3) is 0.333. The van der Waals surface area contributed by atoms with Gasteiger partial charge in [0.25, 0.3) is 0 Å². The molecule has 0 radical (unpaired) electrons. The molecule has 0 saturated carbocycles. The van der Waals surface area contributed by atoms with E-state index in [1.165, 1.54) is 7.11 Å². The van der Waals surface area contributed by atoms with E-state index in [0.29, 0.717) is 14.5 Å². The van der Waals surface area contributed by atoms with Crippen molar-refractivity contribution in [3.8, 4) is 5.75 Å². The van der Waals surface area contributed by atoms with Crippen LogP contribution in [0.4, 0.5) is 0 Å². The number of hydrogen-bond donors (Lipinski definition) is 2. The number of methoxy groups -OCH3 is 1. The Balaban J connectivity index is 2.96. The first-order valence-electron chi connectivity index (χ1n) is 5.31. The van der Waals surface area contributed by atoms with E-state index in [9.17, 15) is 14.7 Å². The lowest BCUT2D eigenvalue weighted by Crippen LogP contribution is -2.22. The van der Waals surface area contributed by atoms with Crippen molar-refractivity contribution >= 4 is 43.8 Å². The molecule has 104 valence electrons. The second-order valence-electron chi connectivity index (χ2n) is 3.93. The summed E-state index contributed by atoms with van der Waals surface area (Å²) < 4.78 is 5.53. The molecule has 19 heavy (non-hydrogen) atoms. The number of benzene rings is 1. The number of carbonyl (C=O) groups excluding carboxylic acids is 1. The summed E-state index contributed by atoms with van der Waals surface area (Å²) >= 11 is 6.36. The van der Waals surface area contributed by atoms with Gasteiger partial charge in [0.2, 0.25) is 0 Å². The maximum Gasteiger partial charge on any atom is 0.309 e. The summed E-state index contributed by atoms with van der Waals surface area (Å²) in [6.07, 6.45) is -0.0841. The molecule has 1 atom stereocenters. The van der Waals surface area contributed by atoms with Crippen LogP contribution in [0.3, 0.4) is 0 Å². The Hall–Kier alpha value is -1.08. The summed E-state index contributed by atoms with van der Waals surface area (Å²) in [6.45, 7) is 0. The SMILES string of the molecule is COC(=O)C(CC(=O)O)Cc1cc(Br)c(O)c(Br)c1. The lowest BCUT2D eigenvalue weighted by atomic mass is 9.96. The number of carboxylic acid groups (broad SMARTS) is 1. The van der Waals surface area contributed by atoms with Gasteiger partial charge in [-0.3, -0.25) is 9.59 Å². The van der Waals surface area contributed by atoms with Crippen molar-refractivity contribution in [2.24, 2.45) is 5.92 Å². The van der Waals surface area contributed by atoms with Crippen molar-refractivity contribution in [2.75, 3.05) is 7.11 Å². The van der Waals surface area contributed by atoms with Crippen LogP contribution in [-0.4, -0.2) is 29.3 Å². The van der Waals surface area contributed by atoms with Gasteiger partial charge in [-0.05, 0) is 56.0 Å². The van der Waals surface area contributed by atoms with Crippen LogP contribution < -0.4 is 0 Å². The third kappa shape index (κ3) is 4.50. The summed E-state index contributed by atoms with van der Waals surface area (Å²) in [5, 5.41) is 18.4. The lowest BCUT2D eigenvalue weighted by molar-refractivity contribution is -0.150. The van der Waals surface area contributed by atoms with Gasteiger partial charge in [-0.25, -0.2) is 0 Å². The number of phenolic OH excluding ortho intramolecular Hbond substituents is 1. The van der Waals surface area contributed by atoms with Gasteiger partial charge in [0.15, 0.2) is 0 Å². The Morgan fingerprint density at radius 2 is 1.84 bits per heavy atom. The summed E-state index contributed by atoms with van der Waals surface area (Å²) in [5.41, 5.74) is 0.716. The fourth-order valence-corrected chi connectivity index (χ4v) is 2.92. The highest BCUT2D eigenvalue weighted by Crippen LogP contribution is 2.34. The van der Waals surface area contributed by atoms with E-state index in [1.807, 2.05) is 0 Å². The highest BCUT2D eigenvalue weighted by Gasteiger charge is 2.23. The van der Waals surface area contributed by atoms with E-state index >= 15 is 0 Å². The third-order valence-corrected chi connectivity index (χ3v) is 3.72. The standard InChI is InChI=1S/C12H12Br2O5/c1-19-12(18)7(5-10(15)16)2-6-3-8(13)11(17)9(14)4-6/h3-4,7,17H,2,5H2,1H3,(H,15,16). The van der Waals surface area contributed by atoms with E-state index in [4.69, 9.17) is 5.11 Å². The van der Waals surface area contributed by atoms with Crippen LogP contribution in [0, 0.1) is 5.92 Å². The number of phenols is 1. The van der Waals surface area contributed by atoms with Gasteiger partial charge in [-0.15, -0.1) is 0 Å². The average Bonchev–Trinajstić information content (AvgIpc) is 2.33. The molecule has 0 aromatic heterocycles. The Kier molecular flexibility index (Phi) is 5.81. The van der Waals surface area contributed by atoms with Crippen LogP contribution in [0.15, 0.2) is 21.1 Å². The number of aliphatic carboxylic acids is 1. The number of ether oxygens (including phenoxy) is 1. The molecule has 0 bridgehead atoms. The molecular formula is C12H12Br2O5. The molecule has 2 N–H and O–H groups in total. The van der Waals surface area contributed by atoms with Crippen LogP contribution in [0.5, 0.6) is 5.75 Å². The Labute approximate surface area is 126 Å². The topological polar surface area (TPSA) is 83.8 Å². The van der Waals surface area contributed by atoms with Gasteiger partial charge < -0.3 is 14.9 Å². The Bertz CT molecular complexity index is 478. The van der Waals surface area contributed by atoms with Gasteiger partial charge >= 0.3 is 11.9 Å². The first-order valence-corrected chi connectivity index (χ1v) is 6.90. The molecule has 0 fully saturated rings. The van der Waals surface area contributed by atoms with Crippen LogP contribution >= 0.6 is 31.9 Å². The second kappa shape index (κ2) is 6.91. The average molecular weight is 396 g/mol. The molecule has 0 aliphatic heterocycles. The van der Waals surface area contributed by atoms with Crippen LogP contribution in [0.2, 0.25) is 0 Å². The summed E-state index contributed by atoms with van der Waals surface area (Å²) in [6, 6.07) is 3.27. The number of esters is 1. The van der Waals surface area contributed by atoms with E-state index < -0.39 is 17.9 Å². The van der Waals surface area contributed by atoms with Gasteiger partial charge in [0.05, 0.1) is 28.4 Å². The molecule has 1 aromatic rings. The minimum Gasteiger partial charge on any atom is -0.506 e. The van der Waals surface area contributed by atoms with Gasteiger partial charge in [-0.1, -0.05) is 0 Å². The van der Waals surface area contributed by atoms with E-state index in [1.54, 1.807) is 12.1 Å². The second-order valence-corrected chi connectivity index (χ2v) is 5.64. The van der Waals surface area contributed by atoms with E-state index in [-0.39, 0.29) is 18.6 Å². The number of carboxylic acids is 1. The maximum atomic E-state index is 11.5. The van der Waals surface area contributed by atoms with Gasteiger partial charge in [0.1, 0.15) is 5.75 Å². The van der Waals surface area contributed by atoms with Crippen LogP contribution in [0.25, 0.3) is 0 Å². The Morgan fingerprint density at radius 1 is 1.32 bits per heavy atom. The molecule has 5 nitrogen and oxygen atoms in total. The fourth-order valence-electron chi connectivity index (χ4n) is 1.64. The lowest BCUT2D eigenvalue weighted by Gasteiger charge is -2.13. The molecule has 1 aromatic carbocycles. The molecular weight excluding hydrogens is 384 g/mol.